The Labute approximate surface area is 252 Å². The summed E-state index contributed by atoms with van der Waals surface area (Å²) >= 11 is 0. The molecule has 0 fully saturated rings. The number of nitrogens with one attached hydrogen (secondary N) is 2. The van der Waals surface area contributed by atoms with Crippen LogP contribution < -0.4 is 5.73 Å². The number of rotatable bonds is 3. The van der Waals surface area contributed by atoms with Crippen LogP contribution in [0.5, 0.6) is 0 Å². The van der Waals surface area contributed by atoms with E-state index in [9.17, 15) is 4.79 Å². The minimum atomic E-state index is -0.450. The number of nitrogens with zero attached hydrogens (tertiary/aromatic N) is 5. The zero-order valence-corrected chi connectivity index (χ0v) is 22.6. The maximum absolute atomic E-state index is 11.4. The minimum Gasteiger partial charge on any atom is -0.366 e. The van der Waals surface area contributed by atoms with Gasteiger partial charge in [0.25, 0.3) is 0 Å². The number of aromatic amines is 2. The number of amides is 1. The molecule has 0 radical (unpaired) electrons. The molecule has 4 aromatic heterocycles. The zero-order valence-electron chi connectivity index (χ0n) is 22.6. The standard InChI is InChI=1S/C17H12N4O.C17H10N4.CH4/c18-16(22)11-6-7-13-12(8-11)14-15(10-4-2-1-3-5-10)19-9-20-17(14)21-13;18-9-11-6-7-14-13(8-11)15-16(12-4-2-1-3-5-12)19-10-20-17(15)21-14;/h1-9H,(H2,18,22)(H,19,20,21);1-8,10H,(H,19,20,21);1H4. The Morgan fingerprint density at radius 3 is 1.66 bits per heavy atom. The van der Waals surface area contributed by atoms with Crippen molar-refractivity contribution in [3.8, 4) is 28.6 Å². The van der Waals surface area contributed by atoms with Crippen LogP contribution in [0.25, 0.3) is 66.4 Å². The van der Waals surface area contributed by atoms with Crippen molar-refractivity contribution in [2.24, 2.45) is 5.73 Å². The Morgan fingerprint density at radius 1 is 0.659 bits per heavy atom. The first-order valence-electron chi connectivity index (χ1n) is 13.4. The van der Waals surface area contributed by atoms with E-state index in [4.69, 9.17) is 11.0 Å². The summed E-state index contributed by atoms with van der Waals surface area (Å²) in [5.41, 5.74) is 13.6. The van der Waals surface area contributed by atoms with Gasteiger partial charge in [0.15, 0.2) is 0 Å². The molecule has 0 unspecified atom stereocenters. The van der Waals surface area contributed by atoms with Gasteiger partial charge in [-0.15, -0.1) is 0 Å². The summed E-state index contributed by atoms with van der Waals surface area (Å²) in [6.07, 6.45) is 3.10. The number of primary amides is 1. The maximum Gasteiger partial charge on any atom is 0.248 e. The molecule has 0 saturated heterocycles. The fourth-order valence-corrected chi connectivity index (χ4v) is 5.30. The highest BCUT2D eigenvalue weighted by atomic mass is 16.1. The third kappa shape index (κ3) is 4.86. The van der Waals surface area contributed by atoms with Gasteiger partial charge in [0.2, 0.25) is 5.91 Å². The van der Waals surface area contributed by atoms with Crippen LogP contribution in [0.15, 0.2) is 110 Å². The molecule has 9 nitrogen and oxygen atoms in total. The summed E-state index contributed by atoms with van der Waals surface area (Å²) in [5, 5.41) is 12.8. The summed E-state index contributed by atoms with van der Waals surface area (Å²) < 4.78 is 0. The number of benzene rings is 4. The van der Waals surface area contributed by atoms with Crippen LogP contribution in [0.4, 0.5) is 0 Å². The van der Waals surface area contributed by atoms with Gasteiger partial charge in [-0.05, 0) is 36.4 Å². The lowest BCUT2D eigenvalue weighted by Gasteiger charge is -2.02. The number of hydrogen-bond donors (Lipinski definition) is 3. The second-order valence-electron chi connectivity index (χ2n) is 9.87. The first kappa shape index (κ1) is 27.8. The number of carbonyl (C=O) groups is 1. The van der Waals surface area contributed by atoms with E-state index in [0.717, 1.165) is 66.4 Å². The van der Waals surface area contributed by atoms with Gasteiger partial charge in [0.05, 0.1) is 33.8 Å². The van der Waals surface area contributed by atoms with Crippen LogP contribution in [0, 0.1) is 11.3 Å². The predicted molar refractivity (Wildman–Crippen MR) is 174 cm³/mol. The number of hydrogen-bond acceptors (Lipinski definition) is 6. The maximum atomic E-state index is 11.4. The van der Waals surface area contributed by atoms with Gasteiger partial charge in [0, 0.05) is 38.5 Å². The van der Waals surface area contributed by atoms with E-state index in [1.165, 1.54) is 6.33 Å². The number of fused-ring (bicyclic) bond motifs is 6. The van der Waals surface area contributed by atoms with Gasteiger partial charge in [-0.3, -0.25) is 4.79 Å². The number of carbonyl (C=O) groups excluding carboxylic acids is 1. The Morgan fingerprint density at radius 2 is 1.16 bits per heavy atom. The van der Waals surface area contributed by atoms with Crippen LogP contribution >= 0.6 is 0 Å². The molecule has 0 aliphatic carbocycles. The normalized spacial score (nSPS) is 10.7. The third-order valence-corrected chi connectivity index (χ3v) is 7.29. The van der Waals surface area contributed by atoms with Crippen molar-refractivity contribution in [1.29, 1.82) is 5.26 Å². The van der Waals surface area contributed by atoms with Gasteiger partial charge in [-0.25, -0.2) is 19.9 Å². The van der Waals surface area contributed by atoms with Crippen LogP contribution in [0.1, 0.15) is 23.3 Å². The van der Waals surface area contributed by atoms with Crippen molar-refractivity contribution in [2.75, 3.05) is 0 Å². The topological polar surface area (TPSA) is 150 Å². The van der Waals surface area contributed by atoms with Crippen LogP contribution in [-0.2, 0) is 0 Å². The molecular formula is C35H26N8O. The van der Waals surface area contributed by atoms with Crippen molar-refractivity contribution in [3.05, 3.63) is 121 Å². The minimum absolute atomic E-state index is 0. The number of nitriles is 1. The smallest absolute Gasteiger partial charge is 0.248 e. The van der Waals surface area contributed by atoms with Gasteiger partial charge >= 0.3 is 0 Å². The summed E-state index contributed by atoms with van der Waals surface area (Å²) in [6, 6.07) is 33.0. The molecule has 0 aliphatic heterocycles. The summed E-state index contributed by atoms with van der Waals surface area (Å²) in [6.45, 7) is 0. The molecule has 0 bridgehead atoms. The quantitative estimate of drug-likeness (QED) is 0.204. The second kappa shape index (κ2) is 11.5. The molecule has 0 aliphatic rings. The lowest BCUT2D eigenvalue weighted by atomic mass is 10.0. The summed E-state index contributed by atoms with van der Waals surface area (Å²) in [5.74, 6) is -0.450. The van der Waals surface area contributed by atoms with Crippen LogP contribution in [0.2, 0.25) is 0 Å². The molecule has 1 amide bonds. The number of nitrogens with two attached hydrogens (primary N) is 1. The van der Waals surface area contributed by atoms with E-state index in [2.05, 4.69) is 36.0 Å². The van der Waals surface area contributed by atoms with E-state index in [0.29, 0.717) is 11.1 Å². The third-order valence-electron chi connectivity index (χ3n) is 7.29. The van der Waals surface area contributed by atoms with E-state index in [1.807, 2.05) is 78.9 Å². The lowest BCUT2D eigenvalue weighted by molar-refractivity contribution is 0.100. The molecule has 9 heteroatoms. The van der Waals surface area contributed by atoms with Crippen molar-refractivity contribution in [1.82, 2.24) is 29.9 Å². The first-order valence-corrected chi connectivity index (χ1v) is 13.4. The van der Waals surface area contributed by atoms with E-state index >= 15 is 0 Å². The van der Waals surface area contributed by atoms with Gasteiger partial charge < -0.3 is 15.7 Å². The van der Waals surface area contributed by atoms with Gasteiger partial charge in [-0.2, -0.15) is 5.26 Å². The lowest BCUT2D eigenvalue weighted by Crippen LogP contribution is -2.10. The van der Waals surface area contributed by atoms with Crippen LogP contribution in [0.3, 0.4) is 0 Å². The van der Waals surface area contributed by atoms with Crippen molar-refractivity contribution >= 4 is 49.8 Å². The highest BCUT2D eigenvalue weighted by Gasteiger charge is 2.15. The average Bonchev–Trinajstić information content (AvgIpc) is 3.63. The number of aromatic nitrogens is 6. The van der Waals surface area contributed by atoms with Crippen molar-refractivity contribution in [2.45, 2.75) is 7.43 Å². The zero-order chi connectivity index (χ0) is 29.3. The van der Waals surface area contributed by atoms with Gasteiger partial charge in [-0.1, -0.05) is 68.1 Å². The van der Waals surface area contributed by atoms with E-state index in [-0.39, 0.29) is 7.43 Å². The summed E-state index contributed by atoms with van der Waals surface area (Å²) in [4.78, 5) is 35.4. The Hall–Kier alpha value is -6.40. The molecule has 0 spiro atoms. The molecule has 44 heavy (non-hydrogen) atoms. The molecule has 0 saturated carbocycles. The average molecular weight is 575 g/mol. The van der Waals surface area contributed by atoms with Crippen LogP contribution in [-0.4, -0.2) is 35.8 Å². The van der Waals surface area contributed by atoms with Crippen molar-refractivity contribution in [3.63, 3.8) is 0 Å². The molecule has 0 atom stereocenters. The molecule has 4 N–H and O–H groups in total. The van der Waals surface area contributed by atoms with Crippen molar-refractivity contribution < 1.29 is 4.79 Å². The Balaban J connectivity index is 0.000000153. The molecule has 8 aromatic rings. The molecule has 8 rings (SSSR count). The Kier molecular flexibility index (Phi) is 7.23. The first-order chi connectivity index (χ1) is 21.1. The predicted octanol–water partition coefficient (Wildman–Crippen LogP) is 7.16. The monoisotopic (exact) mass is 574 g/mol. The fourth-order valence-electron chi connectivity index (χ4n) is 5.30. The highest BCUT2D eigenvalue weighted by molar-refractivity contribution is 6.14. The highest BCUT2D eigenvalue weighted by Crippen LogP contribution is 2.33. The van der Waals surface area contributed by atoms with E-state index < -0.39 is 5.91 Å². The molecule has 4 heterocycles. The second-order valence-corrected chi connectivity index (χ2v) is 9.87. The summed E-state index contributed by atoms with van der Waals surface area (Å²) in [7, 11) is 0. The SMILES string of the molecule is C.N#Cc1ccc2[nH]c3ncnc(-c4ccccc4)c3c2c1.NC(=O)c1ccc2[nH]c3ncnc(-c4ccccc4)c3c2c1. The molecule has 4 aromatic carbocycles. The largest absolute Gasteiger partial charge is 0.366 e. The van der Waals surface area contributed by atoms with Gasteiger partial charge in [0.1, 0.15) is 23.9 Å². The molecular weight excluding hydrogens is 548 g/mol. The van der Waals surface area contributed by atoms with E-state index in [1.54, 1.807) is 24.5 Å². The molecule has 212 valence electrons. The fraction of sp³-hybridized carbons (Fsp3) is 0.0286. The Bertz CT molecular complexity index is 2330. The number of H-pyrrole nitrogens is 2.